The van der Waals surface area contributed by atoms with E-state index in [9.17, 15) is 19.0 Å². The molecule has 0 aromatic carbocycles. The Balaban J connectivity index is 4.14. The Bertz CT molecular complexity index is 1650. The zero-order valence-corrected chi connectivity index (χ0v) is 48.0. The van der Waals surface area contributed by atoms with E-state index in [0.29, 0.717) is 17.4 Å². The van der Waals surface area contributed by atoms with E-state index in [4.69, 9.17) is 18.5 Å². The third-order valence-corrected chi connectivity index (χ3v) is 12.7. The number of quaternary nitrogens is 1. The summed E-state index contributed by atoms with van der Waals surface area (Å²) in [6.07, 6.45) is 75.5. The number of phosphoric ester groups is 1. The van der Waals surface area contributed by atoms with E-state index in [1.807, 2.05) is 21.1 Å². The van der Waals surface area contributed by atoms with Crippen molar-refractivity contribution < 1.29 is 42.1 Å². The summed E-state index contributed by atoms with van der Waals surface area (Å²) in [6, 6.07) is 0. The lowest BCUT2D eigenvalue weighted by Crippen LogP contribution is -2.37. The van der Waals surface area contributed by atoms with Gasteiger partial charge in [0.15, 0.2) is 6.10 Å². The Kier molecular flexibility index (Phi) is 50.6. The highest BCUT2D eigenvalue weighted by atomic mass is 31.2. The van der Waals surface area contributed by atoms with Gasteiger partial charge in [-0.3, -0.25) is 18.6 Å². The number of nitrogens with zero attached hydrogens (tertiary/aromatic N) is 1. The Morgan fingerprint density at radius 1 is 0.438 bits per heavy atom. The van der Waals surface area contributed by atoms with E-state index in [1.54, 1.807) is 0 Å². The molecule has 0 spiro atoms. The van der Waals surface area contributed by atoms with Crippen LogP contribution in [0.3, 0.4) is 0 Å². The molecule has 2 atom stereocenters. The van der Waals surface area contributed by atoms with Gasteiger partial charge in [-0.2, -0.15) is 0 Å². The first-order chi connectivity index (χ1) is 35.5. The highest BCUT2D eigenvalue weighted by molar-refractivity contribution is 7.47. The number of carbonyl (C=O) groups is 2. The van der Waals surface area contributed by atoms with E-state index in [1.165, 1.54) is 51.4 Å². The number of allylic oxidation sites excluding steroid dienone is 20. The maximum Gasteiger partial charge on any atom is 0.472 e. The van der Waals surface area contributed by atoms with Crippen molar-refractivity contribution in [2.45, 2.75) is 219 Å². The lowest BCUT2D eigenvalue weighted by molar-refractivity contribution is -0.870. The van der Waals surface area contributed by atoms with Crippen molar-refractivity contribution in [3.8, 4) is 0 Å². The molecule has 0 fully saturated rings. The molecule has 2 unspecified atom stereocenters. The summed E-state index contributed by atoms with van der Waals surface area (Å²) in [6.45, 7) is 4.24. The minimum Gasteiger partial charge on any atom is -0.462 e. The SMILES string of the molecule is CC/C=C\C/C=C\C/C=C\C/C=C\C/C=C\C/C=C\C/C=C\C/C=C\CCCCCCCCCCCCC(=O)OC(COC(=O)CCCCCCC/C=C\C/C=C\CCCC)COP(=O)(O)OCC[N+](C)(C)C. The second kappa shape index (κ2) is 53.2. The van der Waals surface area contributed by atoms with Gasteiger partial charge in [-0.25, -0.2) is 4.57 Å². The average Bonchev–Trinajstić information content (AvgIpc) is 3.35. The van der Waals surface area contributed by atoms with Gasteiger partial charge in [-0.15, -0.1) is 0 Å². The van der Waals surface area contributed by atoms with Gasteiger partial charge in [0, 0.05) is 12.8 Å². The van der Waals surface area contributed by atoms with E-state index < -0.39 is 26.5 Å². The van der Waals surface area contributed by atoms with Gasteiger partial charge in [-0.05, 0) is 103 Å². The first kappa shape index (κ1) is 69.4. The Morgan fingerprint density at radius 2 is 0.781 bits per heavy atom. The van der Waals surface area contributed by atoms with Crippen molar-refractivity contribution in [2.24, 2.45) is 0 Å². The normalized spacial score (nSPS) is 14.2. The highest BCUT2D eigenvalue weighted by Crippen LogP contribution is 2.43. The van der Waals surface area contributed by atoms with Gasteiger partial charge < -0.3 is 18.9 Å². The van der Waals surface area contributed by atoms with Crippen LogP contribution in [0.25, 0.3) is 0 Å². The highest BCUT2D eigenvalue weighted by Gasteiger charge is 2.27. The molecular weight excluding hydrogens is 930 g/mol. The molecule has 0 aromatic heterocycles. The zero-order chi connectivity index (χ0) is 53.5. The number of hydrogen-bond acceptors (Lipinski definition) is 7. The molecule has 0 aliphatic heterocycles. The minimum atomic E-state index is -4.39. The summed E-state index contributed by atoms with van der Waals surface area (Å²) < 4.78 is 34.5. The van der Waals surface area contributed by atoms with Crippen LogP contribution < -0.4 is 0 Å². The summed E-state index contributed by atoms with van der Waals surface area (Å²) in [5.41, 5.74) is 0. The fraction of sp³-hybridized carbons (Fsp3) is 0.651. The second-order valence-corrected chi connectivity index (χ2v) is 21.4. The first-order valence-electron chi connectivity index (χ1n) is 28.8. The van der Waals surface area contributed by atoms with Gasteiger partial charge >= 0.3 is 19.8 Å². The molecule has 0 amide bonds. The predicted octanol–water partition coefficient (Wildman–Crippen LogP) is 18.0. The second-order valence-electron chi connectivity index (χ2n) is 19.9. The molecule has 9 nitrogen and oxygen atoms in total. The van der Waals surface area contributed by atoms with Crippen LogP contribution in [0, 0.1) is 0 Å². The predicted molar refractivity (Wildman–Crippen MR) is 311 cm³/mol. The van der Waals surface area contributed by atoms with Crippen LogP contribution in [0.5, 0.6) is 0 Å². The maximum absolute atomic E-state index is 12.8. The molecule has 416 valence electrons. The Morgan fingerprint density at radius 3 is 1.16 bits per heavy atom. The fourth-order valence-corrected chi connectivity index (χ4v) is 8.02. The quantitative estimate of drug-likeness (QED) is 0.0211. The van der Waals surface area contributed by atoms with Crippen molar-refractivity contribution in [2.75, 3.05) is 47.5 Å². The topological polar surface area (TPSA) is 108 Å². The van der Waals surface area contributed by atoms with E-state index >= 15 is 0 Å². The van der Waals surface area contributed by atoms with Crippen LogP contribution >= 0.6 is 7.82 Å². The van der Waals surface area contributed by atoms with Crippen LogP contribution in [0.4, 0.5) is 0 Å². The van der Waals surface area contributed by atoms with Gasteiger partial charge in [-0.1, -0.05) is 219 Å². The van der Waals surface area contributed by atoms with E-state index in [2.05, 4.69) is 135 Å². The molecule has 1 N–H and O–H groups in total. The molecule has 73 heavy (non-hydrogen) atoms. The number of unbranched alkanes of at least 4 members (excludes halogenated alkanes) is 17. The number of esters is 2. The maximum atomic E-state index is 12.8. The summed E-state index contributed by atoms with van der Waals surface area (Å²) in [5.74, 6) is -0.826. The molecule has 0 saturated carbocycles. The molecular formula is C63H107NO8P+. The van der Waals surface area contributed by atoms with Gasteiger partial charge in [0.25, 0.3) is 0 Å². The lowest BCUT2D eigenvalue weighted by atomic mass is 10.0. The largest absolute Gasteiger partial charge is 0.472 e. The zero-order valence-electron chi connectivity index (χ0n) is 47.1. The monoisotopic (exact) mass is 1040 g/mol. The van der Waals surface area contributed by atoms with Crippen LogP contribution in [-0.2, 0) is 32.7 Å². The number of ether oxygens (including phenoxy) is 2. The smallest absolute Gasteiger partial charge is 0.462 e. The van der Waals surface area contributed by atoms with Crippen LogP contribution in [0.15, 0.2) is 122 Å². The third-order valence-electron chi connectivity index (χ3n) is 11.7. The van der Waals surface area contributed by atoms with Crippen molar-refractivity contribution in [3.05, 3.63) is 122 Å². The lowest BCUT2D eigenvalue weighted by Gasteiger charge is -2.24. The molecule has 0 bridgehead atoms. The summed E-state index contributed by atoms with van der Waals surface area (Å²) in [4.78, 5) is 35.6. The summed E-state index contributed by atoms with van der Waals surface area (Å²) in [5, 5.41) is 0. The van der Waals surface area contributed by atoms with Gasteiger partial charge in [0.05, 0.1) is 27.7 Å². The van der Waals surface area contributed by atoms with Crippen molar-refractivity contribution in [1.82, 2.24) is 0 Å². The Hall–Kier alpha value is -3.59. The third kappa shape index (κ3) is 57.5. The molecule has 0 aromatic rings. The van der Waals surface area contributed by atoms with Crippen LogP contribution in [-0.4, -0.2) is 74.9 Å². The van der Waals surface area contributed by atoms with Gasteiger partial charge in [0.2, 0.25) is 0 Å². The first-order valence-corrected chi connectivity index (χ1v) is 30.3. The van der Waals surface area contributed by atoms with Crippen LogP contribution in [0.1, 0.15) is 213 Å². The number of phosphoric acid groups is 1. The van der Waals surface area contributed by atoms with Crippen molar-refractivity contribution in [3.63, 3.8) is 0 Å². The standard InChI is InChI=1S/C63H106NO8P/c1-6-8-10-12-14-16-18-20-22-23-24-25-26-27-28-29-30-31-32-33-34-35-36-37-38-39-40-41-42-44-46-48-50-52-54-56-63(66)72-61(60-71-73(67,68)70-58-57-64(3,4)5)59-69-62(65)55-53-51-49-47-45-43-21-19-17-15-13-11-9-7-2/h8,10,13-16,19-22,24-25,27-28,30-31,33-34,36-37,61H,6-7,9,11-12,17-18,23,26,29,32,35,38-60H2,1-5H3/p+1/b10-8-,15-13-,16-14-,21-19-,22-20-,25-24-,28-27-,31-30-,34-33-,37-36-. The summed E-state index contributed by atoms with van der Waals surface area (Å²) >= 11 is 0. The summed E-state index contributed by atoms with van der Waals surface area (Å²) in [7, 11) is 1.45. The molecule has 10 heteroatoms. The average molecular weight is 1040 g/mol. The Labute approximate surface area is 448 Å². The number of carbonyl (C=O) groups excluding carboxylic acids is 2. The molecule has 0 radical (unpaired) electrons. The van der Waals surface area contributed by atoms with Crippen molar-refractivity contribution >= 4 is 19.8 Å². The number of hydrogen-bond donors (Lipinski definition) is 1. The number of likely N-dealkylation sites (N-methyl/N-ethyl adjacent to an activating group) is 1. The minimum absolute atomic E-state index is 0.0226. The van der Waals surface area contributed by atoms with E-state index in [0.717, 1.165) is 128 Å². The van der Waals surface area contributed by atoms with Gasteiger partial charge in [0.1, 0.15) is 19.8 Å². The molecule has 0 heterocycles. The number of rotatable bonds is 51. The molecule has 0 aliphatic carbocycles. The fourth-order valence-electron chi connectivity index (χ4n) is 7.28. The van der Waals surface area contributed by atoms with E-state index in [-0.39, 0.29) is 32.0 Å². The molecule has 0 rings (SSSR count). The molecule has 0 aliphatic rings. The van der Waals surface area contributed by atoms with Crippen LogP contribution in [0.2, 0.25) is 0 Å². The molecule has 0 saturated heterocycles. The van der Waals surface area contributed by atoms with Crippen molar-refractivity contribution in [1.29, 1.82) is 0 Å².